The summed E-state index contributed by atoms with van der Waals surface area (Å²) in [7, 11) is 0. The van der Waals surface area contributed by atoms with E-state index in [2.05, 4.69) is 187 Å². The maximum Gasteiger partial charge on any atom is 0.0612 e. The molecule has 10 rings (SSSR count). The van der Waals surface area contributed by atoms with Crippen LogP contribution in [-0.4, -0.2) is 4.57 Å². The fraction of sp³-hybridized carbons (Fsp3) is 0.192. The largest absolute Gasteiger partial charge is 0.313 e. The average molecular weight is 684 g/mol. The third-order valence-electron chi connectivity index (χ3n) is 12.1. The van der Waals surface area contributed by atoms with Crippen LogP contribution < -0.4 is 0 Å². The van der Waals surface area contributed by atoms with Gasteiger partial charge in [0.25, 0.3) is 0 Å². The number of aryl methyl sites for hydroxylation is 1. The van der Waals surface area contributed by atoms with Gasteiger partial charge >= 0.3 is 0 Å². The molecule has 10 aromatic rings. The Labute approximate surface area is 311 Å². The SMILES string of the molecule is Cc1c(C)n(-c2ccc3c(C(C)(C)C)c4ccccc4c(C(C)(C)C)c3c2)c2c1ccc1c(-c3ccc4ccc5cccc6ccc3c4c56)cccc12. The van der Waals surface area contributed by atoms with E-state index >= 15 is 0 Å². The molecule has 1 nitrogen and oxygen atoms in total. The maximum absolute atomic E-state index is 2.54. The third kappa shape index (κ3) is 4.50. The van der Waals surface area contributed by atoms with Gasteiger partial charge in [-0.05, 0) is 124 Å². The second kappa shape index (κ2) is 10.9. The minimum absolute atomic E-state index is 0.0137. The molecule has 0 bridgehead atoms. The van der Waals surface area contributed by atoms with Crippen LogP contribution in [0.4, 0.5) is 0 Å². The van der Waals surface area contributed by atoms with Crippen LogP contribution in [-0.2, 0) is 10.8 Å². The molecule has 0 saturated heterocycles. The van der Waals surface area contributed by atoms with Gasteiger partial charge in [0.05, 0.1) is 5.52 Å². The minimum Gasteiger partial charge on any atom is -0.313 e. The van der Waals surface area contributed by atoms with Crippen molar-refractivity contribution < 1.29 is 0 Å². The zero-order valence-corrected chi connectivity index (χ0v) is 32.1. The van der Waals surface area contributed by atoms with Gasteiger partial charge in [0.15, 0.2) is 0 Å². The van der Waals surface area contributed by atoms with Crippen molar-refractivity contribution in [2.75, 3.05) is 0 Å². The molecular formula is C52H45N. The fourth-order valence-corrected chi connectivity index (χ4v) is 9.87. The Bertz CT molecular complexity index is 3120. The van der Waals surface area contributed by atoms with E-state index in [1.807, 2.05) is 0 Å². The van der Waals surface area contributed by atoms with Gasteiger partial charge in [-0.15, -0.1) is 0 Å². The molecule has 1 aromatic heterocycles. The van der Waals surface area contributed by atoms with Crippen LogP contribution in [0, 0.1) is 13.8 Å². The summed E-state index contributed by atoms with van der Waals surface area (Å²) in [4.78, 5) is 0. The zero-order chi connectivity index (χ0) is 36.6. The molecule has 0 aliphatic carbocycles. The highest BCUT2D eigenvalue weighted by Crippen LogP contribution is 2.46. The molecule has 0 aliphatic heterocycles. The lowest BCUT2D eigenvalue weighted by atomic mass is 9.74. The first kappa shape index (κ1) is 32.0. The summed E-state index contributed by atoms with van der Waals surface area (Å²) in [5.41, 5.74) is 10.5. The first-order valence-corrected chi connectivity index (χ1v) is 19.1. The van der Waals surface area contributed by atoms with Gasteiger partial charge in [-0.1, -0.05) is 157 Å². The molecule has 0 spiro atoms. The van der Waals surface area contributed by atoms with Gasteiger partial charge < -0.3 is 4.57 Å². The van der Waals surface area contributed by atoms with Gasteiger partial charge in [0.1, 0.15) is 0 Å². The van der Waals surface area contributed by atoms with Crippen LogP contribution in [0.2, 0.25) is 0 Å². The van der Waals surface area contributed by atoms with E-state index in [9.17, 15) is 0 Å². The summed E-state index contributed by atoms with van der Waals surface area (Å²) in [6, 6.07) is 48.5. The van der Waals surface area contributed by atoms with Crippen LogP contribution in [0.25, 0.3) is 92.4 Å². The van der Waals surface area contributed by atoms with Crippen molar-refractivity contribution in [1.82, 2.24) is 4.57 Å². The first-order chi connectivity index (χ1) is 25.4. The smallest absolute Gasteiger partial charge is 0.0612 e. The van der Waals surface area contributed by atoms with Crippen molar-refractivity contribution in [3.63, 3.8) is 0 Å². The number of hydrogen-bond donors (Lipinski definition) is 0. The van der Waals surface area contributed by atoms with Gasteiger partial charge in [0, 0.05) is 22.2 Å². The van der Waals surface area contributed by atoms with E-state index in [1.54, 1.807) is 0 Å². The van der Waals surface area contributed by atoms with Crippen molar-refractivity contribution in [3.05, 3.63) is 150 Å². The Morgan fingerprint density at radius 1 is 0.396 bits per heavy atom. The number of hydrogen-bond acceptors (Lipinski definition) is 0. The molecule has 258 valence electrons. The Kier molecular flexibility index (Phi) is 6.61. The number of fused-ring (bicyclic) bond motifs is 5. The summed E-state index contributed by atoms with van der Waals surface area (Å²) >= 11 is 0. The van der Waals surface area contributed by atoms with Crippen molar-refractivity contribution in [3.8, 4) is 16.8 Å². The lowest BCUT2D eigenvalue weighted by molar-refractivity contribution is 0.593. The van der Waals surface area contributed by atoms with Crippen LogP contribution in [0.5, 0.6) is 0 Å². The van der Waals surface area contributed by atoms with E-state index in [0.717, 1.165) is 0 Å². The van der Waals surface area contributed by atoms with E-state index in [4.69, 9.17) is 0 Å². The summed E-state index contributed by atoms with van der Waals surface area (Å²) in [5.74, 6) is 0. The Morgan fingerprint density at radius 2 is 0.906 bits per heavy atom. The molecule has 0 amide bonds. The molecule has 0 radical (unpaired) electrons. The Morgan fingerprint density at radius 3 is 1.60 bits per heavy atom. The predicted octanol–water partition coefficient (Wildman–Crippen LogP) is 14.9. The van der Waals surface area contributed by atoms with Crippen LogP contribution in [0.1, 0.15) is 63.9 Å². The summed E-state index contributed by atoms with van der Waals surface area (Å²) in [6.45, 7) is 18.8. The molecule has 0 atom stereocenters. The lowest BCUT2D eigenvalue weighted by Crippen LogP contribution is -2.17. The van der Waals surface area contributed by atoms with E-state index < -0.39 is 0 Å². The topological polar surface area (TPSA) is 4.93 Å². The average Bonchev–Trinajstić information content (AvgIpc) is 3.40. The minimum atomic E-state index is -0.0428. The van der Waals surface area contributed by atoms with Gasteiger partial charge in [-0.25, -0.2) is 0 Å². The molecule has 0 aliphatic rings. The molecule has 1 heteroatoms. The van der Waals surface area contributed by atoms with Gasteiger partial charge in [-0.2, -0.15) is 0 Å². The molecule has 0 unspecified atom stereocenters. The highest BCUT2D eigenvalue weighted by Gasteiger charge is 2.28. The Balaban J connectivity index is 1.28. The summed E-state index contributed by atoms with van der Waals surface area (Å²) < 4.78 is 2.54. The third-order valence-corrected chi connectivity index (χ3v) is 12.1. The Hall–Kier alpha value is -5.66. The molecule has 53 heavy (non-hydrogen) atoms. The highest BCUT2D eigenvalue weighted by atomic mass is 15.0. The monoisotopic (exact) mass is 683 g/mol. The number of aromatic nitrogens is 1. The maximum atomic E-state index is 2.54. The van der Waals surface area contributed by atoms with E-state index in [-0.39, 0.29) is 10.8 Å². The van der Waals surface area contributed by atoms with Gasteiger partial charge in [-0.3, -0.25) is 0 Å². The van der Waals surface area contributed by atoms with Gasteiger partial charge in [0.2, 0.25) is 0 Å². The van der Waals surface area contributed by atoms with Crippen LogP contribution in [0.15, 0.2) is 127 Å². The van der Waals surface area contributed by atoms with Crippen molar-refractivity contribution in [1.29, 1.82) is 0 Å². The normalized spacial score (nSPS) is 12.9. The number of rotatable bonds is 2. The highest BCUT2D eigenvalue weighted by molar-refractivity contribution is 6.26. The zero-order valence-electron chi connectivity index (χ0n) is 32.1. The first-order valence-electron chi connectivity index (χ1n) is 19.1. The molecule has 0 saturated carbocycles. The van der Waals surface area contributed by atoms with E-state index in [1.165, 1.54) is 115 Å². The molecule has 1 heterocycles. The van der Waals surface area contributed by atoms with Crippen molar-refractivity contribution >= 4 is 75.5 Å². The predicted molar refractivity (Wildman–Crippen MR) is 232 cm³/mol. The molecule has 0 N–H and O–H groups in total. The second-order valence-electron chi connectivity index (χ2n) is 17.4. The molecule has 9 aromatic carbocycles. The van der Waals surface area contributed by atoms with Crippen LogP contribution in [0.3, 0.4) is 0 Å². The fourth-order valence-electron chi connectivity index (χ4n) is 9.87. The lowest BCUT2D eigenvalue weighted by Gasteiger charge is -2.30. The van der Waals surface area contributed by atoms with E-state index in [0.29, 0.717) is 0 Å². The second-order valence-corrected chi connectivity index (χ2v) is 17.4. The van der Waals surface area contributed by atoms with Crippen molar-refractivity contribution in [2.24, 2.45) is 0 Å². The number of benzene rings is 9. The van der Waals surface area contributed by atoms with Crippen molar-refractivity contribution in [2.45, 2.75) is 66.2 Å². The number of nitrogens with zero attached hydrogens (tertiary/aromatic N) is 1. The van der Waals surface area contributed by atoms with Crippen LogP contribution >= 0.6 is 0 Å². The molecule has 0 fully saturated rings. The standard InChI is InChI=1S/C52H45N/c1-30-31(2)53(35-23-26-43-45(29-35)49(52(6,7)8)42-16-10-9-15-41(42)48(43)51(3,4)5)50-36(30)27-28-39-37(17-12-18-44(39)50)38-24-21-34-20-19-32-13-11-14-33-22-25-40(38)47(34)46(32)33/h9-29H,1-8H3. The quantitative estimate of drug-likeness (QED) is 0.126. The summed E-state index contributed by atoms with van der Waals surface area (Å²) in [5, 5.41) is 17.3. The molecular weight excluding hydrogens is 639 g/mol. The summed E-state index contributed by atoms with van der Waals surface area (Å²) in [6.07, 6.45) is 0.